The maximum absolute atomic E-state index is 10.3. The van der Waals surface area contributed by atoms with Crippen molar-refractivity contribution in [3.8, 4) is 0 Å². The quantitative estimate of drug-likeness (QED) is 0.301. The number of nitrogens with zero attached hydrogens (tertiary/aromatic N) is 2. The monoisotopic (exact) mass is 262 g/mol. The minimum absolute atomic E-state index is 0. The molecule has 5 nitrogen and oxygen atoms in total. The fourth-order valence-corrected chi connectivity index (χ4v) is 1.39. The first-order valence-corrected chi connectivity index (χ1v) is 3.87. The Kier molecular flexibility index (Phi) is 11.6. The number of carbonyl (C=O) groups excluding carboxylic acids is 1. The number of aliphatic carboxylic acids is 1. The molecule has 0 aliphatic carbocycles. The molecule has 14 heavy (non-hydrogen) atoms. The molecule has 0 bridgehead atoms. The van der Waals surface area contributed by atoms with Crippen molar-refractivity contribution in [2.45, 2.75) is 6.92 Å². The van der Waals surface area contributed by atoms with E-state index in [4.69, 9.17) is 0 Å². The van der Waals surface area contributed by atoms with Crippen LogP contribution in [-0.4, -0.2) is 16.7 Å². The Morgan fingerprint density at radius 1 is 1.57 bits per heavy atom. The van der Waals surface area contributed by atoms with Crippen molar-refractivity contribution in [3.05, 3.63) is 21.3 Å². The fourth-order valence-electron chi connectivity index (χ4n) is 0.626. The number of carboxylic acid groups (broad SMARTS) is 1. The Bertz CT molecular complexity index is 340. The minimum Gasteiger partial charge on any atom is -0.791 e. The summed E-state index contributed by atoms with van der Waals surface area (Å²) in [6.07, 6.45) is 0. The van der Waals surface area contributed by atoms with Crippen LogP contribution in [0, 0.1) is 12.1 Å². The van der Waals surface area contributed by atoms with Crippen molar-refractivity contribution in [1.82, 2.24) is 4.98 Å². The van der Waals surface area contributed by atoms with Gasteiger partial charge in [0.15, 0.2) is 0 Å². The molecule has 8 heteroatoms. The maximum Gasteiger partial charge on any atom is 1.00 e. The summed E-state index contributed by atoms with van der Waals surface area (Å²) in [6, 6.07) is 0. The Hall–Kier alpha value is 1.84. The summed E-state index contributed by atoms with van der Waals surface area (Å²) < 4.78 is 0. The Balaban J connectivity index is 0. The SMILES string of the molecule is Cc1csc(/C(=N/[O-])C(=O)[O-])n1.[K+].[K+]. The molecule has 1 rings (SSSR count). The van der Waals surface area contributed by atoms with Crippen molar-refractivity contribution >= 4 is 23.0 Å². The number of thiazole rings is 1. The van der Waals surface area contributed by atoms with E-state index in [1.54, 1.807) is 12.3 Å². The third kappa shape index (κ3) is 5.26. The van der Waals surface area contributed by atoms with Crippen LogP contribution in [0.5, 0.6) is 0 Å². The average molecular weight is 262 g/mol. The molecule has 0 radical (unpaired) electrons. The van der Waals surface area contributed by atoms with Gasteiger partial charge >= 0.3 is 103 Å². The molecule has 0 aromatic carbocycles. The first-order chi connectivity index (χ1) is 5.65. The summed E-state index contributed by atoms with van der Waals surface area (Å²) in [5, 5.41) is 24.3. The molecular formula is C6H4K2N2O3S. The molecule has 0 saturated heterocycles. The fraction of sp³-hybridized carbons (Fsp3) is 0.167. The van der Waals surface area contributed by atoms with Gasteiger partial charge in [-0.1, -0.05) is 0 Å². The van der Waals surface area contributed by atoms with Crippen molar-refractivity contribution < 1.29 is 113 Å². The average Bonchev–Trinajstić information content (AvgIpc) is 2.37. The van der Waals surface area contributed by atoms with Gasteiger partial charge in [0.2, 0.25) is 0 Å². The zero-order valence-electron chi connectivity index (χ0n) is 8.10. The molecule has 0 aliphatic rings. The summed E-state index contributed by atoms with van der Waals surface area (Å²) in [6.45, 7) is 1.69. The number of rotatable bonds is 2. The Morgan fingerprint density at radius 2 is 2.14 bits per heavy atom. The van der Waals surface area contributed by atoms with E-state index < -0.39 is 11.7 Å². The number of hydrogen-bond donors (Lipinski definition) is 0. The number of aromatic nitrogens is 1. The smallest absolute Gasteiger partial charge is 0.791 e. The number of carbonyl (C=O) groups is 1. The number of aryl methyl sites for hydroxylation is 1. The van der Waals surface area contributed by atoms with E-state index in [1.807, 2.05) is 0 Å². The molecule has 0 spiro atoms. The standard InChI is InChI=1S/C6H6N2O3S.2K/c1-3-2-12-5(7-3)4(8-11)6(9)10;;/h2,11H,1H3,(H,9,10);;/q;2*+1/p-2/b8-4-;;. The van der Waals surface area contributed by atoms with Crippen molar-refractivity contribution in [3.63, 3.8) is 0 Å². The van der Waals surface area contributed by atoms with Gasteiger partial charge in [0.05, 0.1) is 5.97 Å². The second kappa shape index (κ2) is 8.93. The normalized spacial score (nSPS) is 9.93. The summed E-state index contributed by atoms with van der Waals surface area (Å²) in [7, 11) is 0. The van der Waals surface area contributed by atoms with Gasteiger partial charge in [-0.2, -0.15) is 0 Å². The number of carboxylic acids is 1. The summed E-state index contributed by atoms with van der Waals surface area (Å²) >= 11 is 1.05. The van der Waals surface area contributed by atoms with E-state index in [0.717, 1.165) is 11.3 Å². The van der Waals surface area contributed by atoms with E-state index in [-0.39, 0.29) is 108 Å². The summed E-state index contributed by atoms with van der Waals surface area (Å²) in [5.74, 6) is -1.60. The zero-order chi connectivity index (χ0) is 9.14. The molecule has 1 aromatic heterocycles. The topological polar surface area (TPSA) is 88.4 Å². The van der Waals surface area contributed by atoms with E-state index in [9.17, 15) is 15.1 Å². The molecule has 64 valence electrons. The van der Waals surface area contributed by atoms with Crippen LogP contribution >= 0.6 is 11.3 Å². The van der Waals surface area contributed by atoms with Crippen LogP contribution in [0.25, 0.3) is 0 Å². The molecule has 0 unspecified atom stereocenters. The van der Waals surface area contributed by atoms with Crippen LogP contribution < -0.4 is 108 Å². The third-order valence-electron chi connectivity index (χ3n) is 1.11. The van der Waals surface area contributed by atoms with Crippen LogP contribution in [0.15, 0.2) is 10.5 Å². The van der Waals surface area contributed by atoms with E-state index in [1.165, 1.54) is 0 Å². The summed E-state index contributed by atoms with van der Waals surface area (Å²) in [4.78, 5) is 14.0. The van der Waals surface area contributed by atoms with Crippen molar-refractivity contribution in [1.29, 1.82) is 0 Å². The predicted molar refractivity (Wildman–Crippen MR) is 41.8 cm³/mol. The Morgan fingerprint density at radius 3 is 2.43 bits per heavy atom. The van der Waals surface area contributed by atoms with Gasteiger partial charge in [0.1, 0.15) is 10.7 Å². The van der Waals surface area contributed by atoms with Crippen LogP contribution in [0.1, 0.15) is 10.7 Å². The molecule has 0 N–H and O–H groups in total. The van der Waals surface area contributed by atoms with Crippen molar-refractivity contribution in [2.75, 3.05) is 0 Å². The van der Waals surface area contributed by atoms with Gasteiger partial charge < -0.3 is 20.3 Å². The predicted octanol–water partition coefficient (Wildman–Crippen LogP) is -6.50. The van der Waals surface area contributed by atoms with Crippen LogP contribution in [-0.2, 0) is 4.79 Å². The third-order valence-corrected chi connectivity index (χ3v) is 2.07. The summed E-state index contributed by atoms with van der Waals surface area (Å²) in [5.41, 5.74) is 0.00509. The van der Waals surface area contributed by atoms with Gasteiger partial charge in [0.25, 0.3) is 0 Å². The Labute approximate surface area is 170 Å². The molecule has 0 atom stereocenters. The van der Waals surface area contributed by atoms with E-state index >= 15 is 0 Å². The van der Waals surface area contributed by atoms with E-state index in [2.05, 4.69) is 10.1 Å². The van der Waals surface area contributed by atoms with Crippen LogP contribution in [0.2, 0.25) is 0 Å². The van der Waals surface area contributed by atoms with Gasteiger partial charge in [-0.15, -0.1) is 11.3 Å². The van der Waals surface area contributed by atoms with Gasteiger partial charge in [-0.25, -0.2) is 4.98 Å². The zero-order valence-corrected chi connectivity index (χ0v) is 15.2. The largest absolute Gasteiger partial charge is 1.00 e. The molecule has 0 saturated carbocycles. The van der Waals surface area contributed by atoms with E-state index in [0.29, 0.717) is 5.69 Å². The number of hydrogen-bond acceptors (Lipinski definition) is 6. The molecular weight excluding hydrogens is 258 g/mol. The van der Waals surface area contributed by atoms with Gasteiger partial charge in [-0.05, 0) is 6.92 Å². The maximum atomic E-state index is 10.3. The second-order valence-electron chi connectivity index (χ2n) is 2.02. The second-order valence-corrected chi connectivity index (χ2v) is 2.88. The van der Waals surface area contributed by atoms with Crippen LogP contribution in [0.4, 0.5) is 0 Å². The first kappa shape index (κ1) is 18.2. The molecule has 0 aliphatic heterocycles. The molecule has 0 fully saturated rings. The van der Waals surface area contributed by atoms with Crippen LogP contribution in [0.3, 0.4) is 0 Å². The van der Waals surface area contributed by atoms with Crippen molar-refractivity contribution in [2.24, 2.45) is 5.16 Å². The molecule has 0 amide bonds. The molecule has 1 heterocycles. The molecule has 1 aromatic rings. The van der Waals surface area contributed by atoms with Gasteiger partial charge in [0, 0.05) is 11.1 Å². The minimum atomic E-state index is -1.60. The first-order valence-electron chi connectivity index (χ1n) is 2.99. The van der Waals surface area contributed by atoms with Gasteiger partial charge in [-0.3, -0.25) is 0 Å².